The number of carbonyl (C=O) groups excluding carboxylic acids is 1. The minimum absolute atomic E-state index is 0.0363. The van der Waals surface area contributed by atoms with Gasteiger partial charge in [-0.3, -0.25) is 10.00 Å². The molecule has 6 rings (SSSR count). The van der Waals surface area contributed by atoms with Crippen LogP contribution in [0.5, 0.6) is 0 Å². The van der Waals surface area contributed by atoms with Gasteiger partial charge in [-0.05, 0) is 67.9 Å². The van der Waals surface area contributed by atoms with Crippen LogP contribution in [-0.2, 0) is 6.54 Å². The zero-order chi connectivity index (χ0) is 19.3. The Labute approximate surface area is 174 Å². The number of hydrogen-bond acceptors (Lipinski definition) is 2. The lowest BCUT2D eigenvalue weighted by Gasteiger charge is -2.56. The molecule has 4 bridgehead atoms. The summed E-state index contributed by atoms with van der Waals surface area (Å²) < 4.78 is 1.70. The number of anilines is 1. The number of halogens is 2. The predicted molar refractivity (Wildman–Crippen MR) is 111 cm³/mol. The number of amides is 2. The number of nitrogens with zero attached hydrogens (tertiary/aromatic N) is 2. The van der Waals surface area contributed by atoms with Gasteiger partial charge in [0, 0.05) is 16.8 Å². The number of rotatable bonds is 4. The Bertz CT molecular complexity index is 874. The van der Waals surface area contributed by atoms with Gasteiger partial charge in [0.1, 0.15) is 5.02 Å². The standard InChI is InChI=1S/C21H24Cl2N4O/c22-17-4-2-1-3-16(17)11-27-12-18(23)19(26-27)24-20(28)25-21-8-13-5-14(9-21)7-15(6-13)10-21/h1-4,12-15H,5-11H2,(H2,24,25,26,28). The largest absolute Gasteiger partial charge is 0.332 e. The molecule has 0 atom stereocenters. The van der Waals surface area contributed by atoms with Crippen molar-refractivity contribution in [2.75, 3.05) is 5.32 Å². The summed E-state index contributed by atoms with van der Waals surface area (Å²) in [4.78, 5) is 12.7. The van der Waals surface area contributed by atoms with Gasteiger partial charge in [-0.15, -0.1) is 0 Å². The average Bonchev–Trinajstić information content (AvgIpc) is 2.94. The van der Waals surface area contributed by atoms with Crippen LogP contribution in [0.4, 0.5) is 10.6 Å². The van der Waals surface area contributed by atoms with Gasteiger partial charge >= 0.3 is 6.03 Å². The number of benzene rings is 1. The quantitative estimate of drug-likeness (QED) is 0.704. The van der Waals surface area contributed by atoms with E-state index in [1.165, 1.54) is 19.3 Å². The number of carbonyl (C=O) groups is 1. The second-order valence-corrected chi connectivity index (χ2v) is 9.71. The van der Waals surface area contributed by atoms with E-state index >= 15 is 0 Å². The fourth-order valence-electron chi connectivity index (χ4n) is 6.01. The summed E-state index contributed by atoms with van der Waals surface area (Å²) >= 11 is 12.5. The van der Waals surface area contributed by atoms with Crippen LogP contribution in [0.3, 0.4) is 0 Å². The summed E-state index contributed by atoms with van der Waals surface area (Å²) in [7, 11) is 0. The Hall–Kier alpha value is -1.72. The van der Waals surface area contributed by atoms with Crippen molar-refractivity contribution >= 4 is 35.1 Å². The summed E-state index contributed by atoms with van der Waals surface area (Å²) in [5, 5.41) is 11.7. The smallest absolute Gasteiger partial charge is 0.320 e. The van der Waals surface area contributed by atoms with Crippen molar-refractivity contribution < 1.29 is 4.79 Å². The van der Waals surface area contributed by atoms with E-state index in [2.05, 4.69) is 15.7 Å². The molecule has 4 aliphatic carbocycles. The number of hydrogen-bond donors (Lipinski definition) is 2. The molecule has 1 aromatic heterocycles. The molecule has 2 amide bonds. The van der Waals surface area contributed by atoms with Crippen LogP contribution in [0, 0.1) is 17.8 Å². The fourth-order valence-corrected chi connectivity index (χ4v) is 6.40. The van der Waals surface area contributed by atoms with Crippen molar-refractivity contribution in [1.29, 1.82) is 0 Å². The van der Waals surface area contributed by atoms with Crippen molar-refractivity contribution in [1.82, 2.24) is 15.1 Å². The van der Waals surface area contributed by atoms with Gasteiger partial charge in [0.25, 0.3) is 0 Å². The maximum absolute atomic E-state index is 12.7. The van der Waals surface area contributed by atoms with Crippen molar-refractivity contribution in [2.24, 2.45) is 17.8 Å². The van der Waals surface area contributed by atoms with E-state index in [1.54, 1.807) is 10.9 Å². The maximum Gasteiger partial charge on any atom is 0.320 e. The third kappa shape index (κ3) is 3.50. The zero-order valence-electron chi connectivity index (χ0n) is 15.6. The highest BCUT2D eigenvalue weighted by molar-refractivity contribution is 6.33. The average molecular weight is 419 g/mol. The minimum Gasteiger partial charge on any atom is -0.332 e. The molecule has 2 N–H and O–H groups in total. The molecule has 1 heterocycles. The summed E-state index contributed by atoms with van der Waals surface area (Å²) in [6, 6.07) is 7.42. The molecule has 0 radical (unpaired) electrons. The first-order valence-electron chi connectivity index (χ1n) is 10.0. The number of aromatic nitrogens is 2. The van der Waals surface area contributed by atoms with E-state index in [-0.39, 0.29) is 11.6 Å². The Morgan fingerprint density at radius 3 is 2.36 bits per heavy atom. The van der Waals surface area contributed by atoms with Gasteiger partial charge in [-0.2, -0.15) is 5.10 Å². The Morgan fingerprint density at radius 1 is 1.07 bits per heavy atom. The topological polar surface area (TPSA) is 59.0 Å². The van der Waals surface area contributed by atoms with Crippen LogP contribution in [0.1, 0.15) is 44.1 Å². The number of nitrogens with one attached hydrogen (secondary N) is 2. The molecule has 0 unspecified atom stereocenters. The first kappa shape index (κ1) is 18.3. The van der Waals surface area contributed by atoms with Gasteiger partial charge in [0.15, 0.2) is 5.82 Å². The van der Waals surface area contributed by atoms with Gasteiger partial charge in [0.05, 0.1) is 6.54 Å². The molecule has 4 saturated carbocycles. The normalized spacial score (nSPS) is 30.4. The van der Waals surface area contributed by atoms with Crippen LogP contribution in [0.15, 0.2) is 30.5 Å². The van der Waals surface area contributed by atoms with E-state index in [0.29, 0.717) is 22.4 Å². The van der Waals surface area contributed by atoms with Crippen molar-refractivity contribution in [3.8, 4) is 0 Å². The molecular weight excluding hydrogens is 395 g/mol. The lowest BCUT2D eigenvalue weighted by atomic mass is 9.53. The van der Waals surface area contributed by atoms with Crippen LogP contribution in [-0.4, -0.2) is 21.4 Å². The summed E-state index contributed by atoms with van der Waals surface area (Å²) in [5.41, 5.74) is 0.915. The molecule has 0 spiro atoms. The molecule has 0 aliphatic heterocycles. The molecule has 4 aliphatic rings. The summed E-state index contributed by atoms with van der Waals surface area (Å²) in [6.45, 7) is 0.498. The summed E-state index contributed by atoms with van der Waals surface area (Å²) in [6.07, 6.45) is 9.09. The fraction of sp³-hybridized carbons (Fsp3) is 0.524. The molecule has 28 heavy (non-hydrogen) atoms. The third-order valence-electron chi connectivity index (χ3n) is 6.66. The Morgan fingerprint density at radius 2 is 1.71 bits per heavy atom. The van der Waals surface area contributed by atoms with E-state index in [1.807, 2.05) is 24.3 Å². The predicted octanol–water partition coefficient (Wildman–Crippen LogP) is 5.33. The van der Waals surface area contributed by atoms with E-state index < -0.39 is 0 Å². The molecule has 7 heteroatoms. The summed E-state index contributed by atoms with van der Waals surface area (Å²) in [5.74, 6) is 2.73. The van der Waals surface area contributed by atoms with E-state index in [4.69, 9.17) is 23.2 Å². The van der Waals surface area contributed by atoms with Crippen LogP contribution < -0.4 is 10.6 Å². The first-order valence-corrected chi connectivity index (χ1v) is 10.8. The SMILES string of the molecule is O=C(Nc1nn(Cc2ccccc2Cl)cc1Cl)NC12CC3CC(CC(C3)C1)C2. The highest BCUT2D eigenvalue weighted by Crippen LogP contribution is 2.55. The lowest BCUT2D eigenvalue weighted by Crippen LogP contribution is -2.60. The minimum atomic E-state index is -0.202. The Kier molecular flexibility index (Phi) is 4.55. The number of urea groups is 1. The molecular formula is C21H24Cl2N4O. The molecule has 4 fully saturated rings. The van der Waals surface area contributed by atoms with Crippen molar-refractivity contribution in [3.63, 3.8) is 0 Å². The highest BCUT2D eigenvalue weighted by atomic mass is 35.5. The molecule has 5 nitrogen and oxygen atoms in total. The first-order chi connectivity index (χ1) is 13.5. The van der Waals surface area contributed by atoms with Crippen molar-refractivity contribution in [3.05, 3.63) is 46.1 Å². The van der Waals surface area contributed by atoms with Gasteiger partial charge in [-0.25, -0.2) is 4.79 Å². The molecule has 148 valence electrons. The molecule has 0 saturated heterocycles. The lowest BCUT2D eigenvalue weighted by molar-refractivity contribution is -0.0127. The Balaban J connectivity index is 1.26. The third-order valence-corrected chi connectivity index (χ3v) is 7.30. The molecule has 1 aromatic carbocycles. The second kappa shape index (κ2) is 6.96. The monoisotopic (exact) mass is 418 g/mol. The van der Waals surface area contributed by atoms with Crippen LogP contribution in [0.2, 0.25) is 10.0 Å². The maximum atomic E-state index is 12.7. The van der Waals surface area contributed by atoms with E-state index in [0.717, 1.165) is 42.6 Å². The van der Waals surface area contributed by atoms with Crippen LogP contribution >= 0.6 is 23.2 Å². The zero-order valence-corrected chi connectivity index (χ0v) is 17.1. The van der Waals surface area contributed by atoms with Gasteiger partial charge in [0.2, 0.25) is 0 Å². The second-order valence-electron chi connectivity index (χ2n) is 8.89. The highest BCUT2D eigenvalue weighted by Gasteiger charge is 2.51. The van der Waals surface area contributed by atoms with E-state index in [9.17, 15) is 4.79 Å². The molecule has 2 aromatic rings. The van der Waals surface area contributed by atoms with Crippen molar-refractivity contribution in [2.45, 2.75) is 50.6 Å². The van der Waals surface area contributed by atoms with Gasteiger partial charge in [-0.1, -0.05) is 41.4 Å². The van der Waals surface area contributed by atoms with Gasteiger partial charge < -0.3 is 5.32 Å². The van der Waals surface area contributed by atoms with Crippen LogP contribution in [0.25, 0.3) is 0 Å².